The minimum absolute atomic E-state index is 0.0521. The first kappa shape index (κ1) is 24.8. The monoisotopic (exact) mass is 523 g/mol. The number of nitrogens with one attached hydrogen (secondary N) is 1. The van der Waals surface area contributed by atoms with Gasteiger partial charge in [-0.25, -0.2) is 23.2 Å². The number of anilines is 1. The van der Waals surface area contributed by atoms with Crippen molar-refractivity contribution in [3.63, 3.8) is 0 Å². The molecule has 3 N–H and O–H groups in total. The predicted octanol–water partition coefficient (Wildman–Crippen LogP) is 4.54. The summed E-state index contributed by atoms with van der Waals surface area (Å²) in [5.41, 5.74) is 1.72. The predicted molar refractivity (Wildman–Crippen MR) is 127 cm³/mol. The van der Waals surface area contributed by atoms with Crippen molar-refractivity contribution in [1.82, 2.24) is 14.8 Å². The first-order valence-corrected chi connectivity index (χ1v) is 12.2. The number of sulfonamides is 1. The number of halogens is 3. The summed E-state index contributed by atoms with van der Waals surface area (Å²) in [5, 5.41) is 11.7. The van der Waals surface area contributed by atoms with E-state index < -0.39 is 27.6 Å². The van der Waals surface area contributed by atoms with Crippen LogP contribution in [0.5, 0.6) is 0 Å². The van der Waals surface area contributed by atoms with Crippen LogP contribution in [0.4, 0.5) is 14.5 Å². The van der Waals surface area contributed by atoms with Gasteiger partial charge in [-0.05, 0) is 44.5 Å². The van der Waals surface area contributed by atoms with Crippen LogP contribution in [0.2, 0.25) is 5.15 Å². The van der Waals surface area contributed by atoms with E-state index in [1.54, 1.807) is 32.9 Å². The fourth-order valence-electron chi connectivity index (χ4n) is 3.78. The number of rotatable bonds is 6. The Balaban J connectivity index is 1.88. The molecule has 1 atom stereocenters. The lowest BCUT2D eigenvalue weighted by molar-refractivity contribution is 0.0566. The number of aromatic nitrogens is 3. The van der Waals surface area contributed by atoms with Crippen molar-refractivity contribution >= 4 is 38.3 Å². The zero-order valence-corrected chi connectivity index (χ0v) is 20.3. The van der Waals surface area contributed by atoms with Crippen LogP contribution in [0, 0.1) is 13.8 Å². The SMILES string of the molecule is Cc1cc([C@@H](C)Nc2ccc(Cl)nc2S(N)(=O)=O)c2oc(-c3cnn(C(F)F)c3)c(C)c(=O)c2c1. The molecule has 9 nitrogen and oxygen atoms in total. The lowest BCUT2D eigenvalue weighted by Gasteiger charge is -2.19. The molecule has 4 aromatic rings. The molecule has 4 rings (SSSR count). The number of hydrogen-bond acceptors (Lipinski definition) is 7. The number of hydrogen-bond donors (Lipinski definition) is 2. The lowest BCUT2D eigenvalue weighted by atomic mass is 9.99. The van der Waals surface area contributed by atoms with Crippen molar-refractivity contribution in [3.05, 3.63) is 68.7 Å². The molecule has 0 amide bonds. The first-order chi connectivity index (χ1) is 16.4. The van der Waals surface area contributed by atoms with Gasteiger partial charge in [0.15, 0.2) is 10.5 Å². The largest absolute Gasteiger partial charge is 0.455 e. The summed E-state index contributed by atoms with van der Waals surface area (Å²) in [5.74, 6) is 0.102. The fourth-order valence-corrected chi connectivity index (χ4v) is 4.64. The molecule has 0 saturated carbocycles. The summed E-state index contributed by atoms with van der Waals surface area (Å²) in [6.45, 7) is 2.22. The molecule has 0 aliphatic carbocycles. The van der Waals surface area contributed by atoms with Gasteiger partial charge in [0.1, 0.15) is 16.5 Å². The highest BCUT2D eigenvalue weighted by Crippen LogP contribution is 2.33. The molecule has 0 bridgehead atoms. The average Bonchev–Trinajstić information content (AvgIpc) is 3.27. The fraction of sp³-hybridized carbons (Fsp3) is 0.227. The molecule has 0 aliphatic rings. The molecule has 0 fully saturated rings. The Morgan fingerprint density at radius 3 is 2.57 bits per heavy atom. The van der Waals surface area contributed by atoms with Crippen molar-refractivity contribution in [3.8, 4) is 11.3 Å². The van der Waals surface area contributed by atoms with E-state index in [-0.39, 0.29) is 44.1 Å². The maximum atomic E-state index is 13.2. The number of pyridine rings is 1. The van der Waals surface area contributed by atoms with Crippen LogP contribution >= 0.6 is 11.6 Å². The zero-order valence-electron chi connectivity index (χ0n) is 18.7. The third kappa shape index (κ3) is 4.77. The minimum atomic E-state index is -4.20. The van der Waals surface area contributed by atoms with Gasteiger partial charge in [0.2, 0.25) is 0 Å². The number of alkyl halides is 2. The molecule has 0 spiro atoms. The van der Waals surface area contributed by atoms with E-state index in [1.807, 2.05) is 0 Å². The van der Waals surface area contributed by atoms with E-state index in [2.05, 4.69) is 15.4 Å². The van der Waals surface area contributed by atoms with Gasteiger partial charge in [-0.3, -0.25) is 4.79 Å². The van der Waals surface area contributed by atoms with Gasteiger partial charge in [0.25, 0.3) is 10.0 Å². The lowest BCUT2D eigenvalue weighted by Crippen LogP contribution is -2.18. The zero-order chi connectivity index (χ0) is 25.7. The first-order valence-electron chi connectivity index (χ1n) is 10.2. The number of nitrogens with two attached hydrogens (primary N) is 1. The molecular weight excluding hydrogens is 504 g/mol. The number of aryl methyl sites for hydroxylation is 1. The van der Waals surface area contributed by atoms with Crippen LogP contribution in [-0.4, -0.2) is 23.2 Å². The molecule has 0 unspecified atom stereocenters. The molecule has 0 saturated heterocycles. The summed E-state index contributed by atoms with van der Waals surface area (Å²) < 4.78 is 56.6. The number of primary sulfonamides is 1. The molecule has 3 aromatic heterocycles. The van der Waals surface area contributed by atoms with Crippen molar-refractivity contribution in [2.24, 2.45) is 5.14 Å². The summed E-state index contributed by atoms with van der Waals surface area (Å²) in [4.78, 5) is 17.0. The van der Waals surface area contributed by atoms with Gasteiger partial charge in [-0.2, -0.15) is 13.9 Å². The van der Waals surface area contributed by atoms with Crippen molar-refractivity contribution in [2.45, 2.75) is 38.4 Å². The highest BCUT2D eigenvalue weighted by atomic mass is 35.5. The normalized spacial score (nSPS) is 12.9. The molecule has 13 heteroatoms. The van der Waals surface area contributed by atoms with Crippen molar-refractivity contribution in [2.75, 3.05) is 5.32 Å². The van der Waals surface area contributed by atoms with Gasteiger partial charge >= 0.3 is 6.55 Å². The van der Waals surface area contributed by atoms with Crippen LogP contribution in [0.3, 0.4) is 0 Å². The van der Waals surface area contributed by atoms with E-state index in [4.69, 9.17) is 21.2 Å². The van der Waals surface area contributed by atoms with Crippen LogP contribution in [0.15, 0.2) is 50.9 Å². The number of benzene rings is 1. The second-order valence-electron chi connectivity index (χ2n) is 8.00. The van der Waals surface area contributed by atoms with Crippen LogP contribution in [-0.2, 0) is 10.0 Å². The minimum Gasteiger partial charge on any atom is -0.455 e. The van der Waals surface area contributed by atoms with Crippen molar-refractivity contribution in [1.29, 1.82) is 0 Å². The van der Waals surface area contributed by atoms with Crippen LogP contribution < -0.4 is 15.9 Å². The van der Waals surface area contributed by atoms with E-state index in [0.717, 1.165) is 11.8 Å². The van der Waals surface area contributed by atoms with Gasteiger partial charge < -0.3 is 9.73 Å². The molecule has 1 aromatic carbocycles. The summed E-state index contributed by atoms with van der Waals surface area (Å²) in [7, 11) is -4.20. The Morgan fingerprint density at radius 1 is 1.23 bits per heavy atom. The summed E-state index contributed by atoms with van der Waals surface area (Å²) in [6, 6.07) is 5.67. The molecule has 35 heavy (non-hydrogen) atoms. The second-order valence-corrected chi connectivity index (χ2v) is 9.86. The van der Waals surface area contributed by atoms with Gasteiger partial charge in [0.05, 0.1) is 28.9 Å². The van der Waals surface area contributed by atoms with E-state index >= 15 is 0 Å². The third-order valence-corrected chi connectivity index (χ3v) is 6.45. The molecule has 3 heterocycles. The van der Waals surface area contributed by atoms with Gasteiger partial charge in [-0.15, -0.1) is 0 Å². The highest BCUT2D eigenvalue weighted by molar-refractivity contribution is 7.89. The summed E-state index contributed by atoms with van der Waals surface area (Å²) in [6.07, 6.45) is 2.28. The van der Waals surface area contributed by atoms with Crippen LogP contribution in [0.1, 0.15) is 36.2 Å². The maximum Gasteiger partial charge on any atom is 0.333 e. The van der Waals surface area contributed by atoms with Gasteiger partial charge in [-0.1, -0.05) is 17.7 Å². The molecular formula is C22H20ClF2N5O4S. The Labute approximate surface area is 203 Å². The van der Waals surface area contributed by atoms with Gasteiger partial charge in [0, 0.05) is 17.3 Å². The third-order valence-electron chi connectivity index (χ3n) is 5.39. The maximum absolute atomic E-state index is 13.2. The highest BCUT2D eigenvalue weighted by Gasteiger charge is 2.23. The Kier molecular flexibility index (Phi) is 6.38. The summed E-state index contributed by atoms with van der Waals surface area (Å²) >= 11 is 5.84. The smallest absolute Gasteiger partial charge is 0.333 e. The number of nitrogens with zero attached hydrogens (tertiary/aromatic N) is 3. The topological polar surface area (TPSA) is 133 Å². The molecule has 0 radical (unpaired) electrons. The van der Waals surface area contributed by atoms with E-state index in [9.17, 15) is 22.0 Å². The van der Waals surface area contributed by atoms with E-state index in [0.29, 0.717) is 10.2 Å². The Bertz CT molecular complexity index is 1620. The second kappa shape index (κ2) is 9.02. The Morgan fingerprint density at radius 2 is 1.94 bits per heavy atom. The molecule has 0 aliphatic heterocycles. The van der Waals surface area contributed by atoms with E-state index in [1.165, 1.54) is 18.3 Å². The molecule has 184 valence electrons. The van der Waals surface area contributed by atoms with Crippen LogP contribution in [0.25, 0.3) is 22.3 Å². The Hall–Kier alpha value is -3.35. The standard InChI is InChI=1S/C22H20ClF2N5O4S/c1-10-6-14(12(3)28-16-4-5-17(23)29-21(16)35(26,32)33)20-15(7-10)18(31)11(2)19(34-20)13-8-27-30(9-13)22(24)25/h4-9,12,22,28H,1-3H3,(H2,26,32,33)/t12-/m1/s1. The average molecular weight is 524 g/mol. The van der Waals surface area contributed by atoms with Crippen molar-refractivity contribution < 1.29 is 21.6 Å². The number of fused-ring (bicyclic) bond motifs is 1. The quantitative estimate of drug-likeness (QED) is 0.354.